The lowest BCUT2D eigenvalue weighted by atomic mass is 9.78. The minimum atomic E-state index is -0.294. The number of hydrogen-bond acceptors (Lipinski definition) is 5. The van der Waals surface area contributed by atoms with Crippen molar-refractivity contribution < 1.29 is 9.59 Å². The van der Waals surface area contributed by atoms with Crippen LogP contribution in [0.25, 0.3) is 28.0 Å². The fraction of sp³-hybridized carbons (Fsp3) is 0.406. The van der Waals surface area contributed by atoms with Gasteiger partial charge in [0.15, 0.2) is 11.5 Å². The van der Waals surface area contributed by atoms with E-state index in [2.05, 4.69) is 6.07 Å². The highest BCUT2D eigenvalue weighted by Crippen LogP contribution is 2.53. The molecule has 3 aliphatic carbocycles. The van der Waals surface area contributed by atoms with Crippen molar-refractivity contribution in [2.24, 2.45) is 11.8 Å². The molecule has 4 aromatic rings. The van der Waals surface area contributed by atoms with Crippen molar-refractivity contribution in [1.82, 2.24) is 19.6 Å². The highest BCUT2D eigenvalue weighted by Gasteiger charge is 2.41. The third-order valence-electron chi connectivity index (χ3n) is 8.93. The van der Waals surface area contributed by atoms with Gasteiger partial charge in [0, 0.05) is 48.2 Å². The molecule has 0 spiro atoms. The zero-order valence-corrected chi connectivity index (χ0v) is 22.5. The van der Waals surface area contributed by atoms with Gasteiger partial charge in [-0.2, -0.15) is 9.61 Å². The average molecular weight is 520 g/mol. The number of aromatic nitrogens is 4. The van der Waals surface area contributed by atoms with Gasteiger partial charge in [-0.3, -0.25) is 14.6 Å². The van der Waals surface area contributed by atoms with Gasteiger partial charge < -0.3 is 0 Å². The maximum atomic E-state index is 12.9. The van der Waals surface area contributed by atoms with E-state index in [0.29, 0.717) is 23.3 Å². The number of fused-ring (bicyclic) bond motifs is 3. The molecule has 0 N–H and O–H groups in total. The number of pyridine rings is 1. The van der Waals surface area contributed by atoms with Crippen molar-refractivity contribution in [3.05, 3.63) is 66.1 Å². The van der Waals surface area contributed by atoms with Gasteiger partial charge in [0.1, 0.15) is 0 Å². The van der Waals surface area contributed by atoms with Crippen LogP contribution in [0.15, 0.2) is 54.9 Å². The van der Waals surface area contributed by atoms with E-state index in [1.165, 1.54) is 38.0 Å². The van der Waals surface area contributed by atoms with E-state index in [9.17, 15) is 9.59 Å². The summed E-state index contributed by atoms with van der Waals surface area (Å²) in [5, 5.41) is 4.74. The van der Waals surface area contributed by atoms with Gasteiger partial charge in [0.25, 0.3) is 0 Å². The highest BCUT2D eigenvalue weighted by atomic mass is 16.2. The van der Waals surface area contributed by atoms with Crippen LogP contribution >= 0.6 is 0 Å². The third kappa shape index (κ3) is 4.24. The Balaban J connectivity index is 1.42. The van der Waals surface area contributed by atoms with Crippen LogP contribution in [0.4, 0.5) is 5.82 Å². The van der Waals surface area contributed by atoms with Gasteiger partial charge in [-0.15, -0.1) is 0 Å². The van der Waals surface area contributed by atoms with E-state index in [4.69, 9.17) is 15.1 Å². The topological polar surface area (TPSA) is 80.5 Å². The summed E-state index contributed by atoms with van der Waals surface area (Å²) in [4.78, 5) is 37.2. The number of benzene rings is 1. The fourth-order valence-corrected chi connectivity index (χ4v) is 7.09. The molecule has 0 radical (unpaired) electrons. The zero-order valence-electron chi connectivity index (χ0n) is 22.5. The average Bonchev–Trinajstić information content (AvgIpc) is 3.60. The van der Waals surface area contributed by atoms with Crippen LogP contribution in [-0.2, 0) is 9.59 Å². The molecule has 3 atom stereocenters. The van der Waals surface area contributed by atoms with Crippen molar-refractivity contribution in [3.63, 3.8) is 0 Å². The Hall–Kier alpha value is -3.87. The second-order valence-electron chi connectivity index (χ2n) is 11.7. The predicted octanol–water partition coefficient (Wildman–Crippen LogP) is 6.53. The molecule has 39 heavy (non-hydrogen) atoms. The van der Waals surface area contributed by atoms with Crippen molar-refractivity contribution in [3.8, 4) is 22.4 Å². The number of carbonyl (C=O) groups is 2. The SMILES string of the molecule is CC(=O)N(C(C)=O)c1c(C2CC2)c(C2C[C@H]3CC[C@@H](C2)C3)nc2c(-c3ccc(-c4ccccc4)nc3)cnn12. The molecule has 7 nitrogen and oxygen atoms in total. The van der Waals surface area contributed by atoms with Crippen molar-refractivity contribution >= 4 is 23.3 Å². The summed E-state index contributed by atoms with van der Waals surface area (Å²) >= 11 is 0. The van der Waals surface area contributed by atoms with Crippen LogP contribution in [-0.4, -0.2) is 31.4 Å². The monoisotopic (exact) mass is 519 g/mol. The molecule has 7 heteroatoms. The number of amides is 2. The smallest absolute Gasteiger partial charge is 0.231 e. The predicted molar refractivity (Wildman–Crippen MR) is 150 cm³/mol. The maximum Gasteiger partial charge on any atom is 0.231 e. The van der Waals surface area contributed by atoms with Crippen molar-refractivity contribution in [1.29, 1.82) is 0 Å². The van der Waals surface area contributed by atoms with Crippen LogP contribution in [0.3, 0.4) is 0 Å². The first-order valence-corrected chi connectivity index (χ1v) is 14.2. The number of nitrogens with zero attached hydrogens (tertiary/aromatic N) is 5. The molecule has 3 aliphatic rings. The number of anilines is 1. The van der Waals surface area contributed by atoms with Crippen molar-refractivity contribution in [2.75, 3.05) is 4.90 Å². The second kappa shape index (κ2) is 9.40. The van der Waals surface area contributed by atoms with Gasteiger partial charge in [-0.05, 0) is 55.9 Å². The minimum Gasteiger partial charge on any atom is -0.274 e. The molecule has 2 bridgehead atoms. The molecule has 0 saturated heterocycles. The summed E-state index contributed by atoms with van der Waals surface area (Å²) in [5.41, 5.74) is 6.56. The van der Waals surface area contributed by atoms with Crippen LogP contribution in [0.1, 0.15) is 81.9 Å². The Kier molecular flexibility index (Phi) is 5.83. The molecule has 1 aromatic carbocycles. The Morgan fingerprint density at radius 1 is 0.821 bits per heavy atom. The molecule has 3 heterocycles. The Bertz CT molecular complexity index is 1550. The number of imide groups is 1. The van der Waals surface area contributed by atoms with E-state index < -0.39 is 0 Å². The van der Waals surface area contributed by atoms with Crippen molar-refractivity contribution in [2.45, 2.75) is 70.6 Å². The van der Waals surface area contributed by atoms with E-state index in [-0.39, 0.29) is 11.8 Å². The second-order valence-corrected chi connectivity index (χ2v) is 11.7. The van der Waals surface area contributed by atoms with Crippen LogP contribution in [0.2, 0.25) is 0 Å². The van der Waals surface area contributed by atoms with Gasteiger partial charge in [0.05, 0.1) is 17.6 Å². The molecule has 198 valence electrons. The zero-order chi connectivity index (χ0) is 26.7. The Morgan fingerprint density at radius 2 is 1.54 bits per heavy atom. The van der Waals surface area contributed by atoms with Gasteiger partial charge in [-0.25, -0.2) is 9.88 Å². The third-order valence-corrected chi connectivity index (χ3v) is 8.93. The maximum absolute atomic E-state index is 12.9. The Labute approximate surface area is 228 Å². The molecule has 0 aliphatic heterocycles. The molecular formula is C32H33N5O2. The fourth-order valence-electron chi connectivity index (χ4n) is 7.09. The largest absolute Gasteiger partial charge is 0.274 e. The Morgan fingerprint density at radius 3 is 2.15 bits per heavy atom. The molecule has 3 aromatic heterocycles. The summed E-state index contributed by atoms with van der Waals surface area (Å²) in [7, 11) is 0. The quantitative estimate of drug-likeness (QED) is 0.300. The molecule has 1 unspecified atom stereocenters. The van der Waals surface area contributed by atoms with Gasteiger partial charge in [0.2, 0.25) is 11.8 Å². The van der Waals surface area contributed by atoms with E-state index >= 15 is 0 Å². The van der Waals surface area contributed by atoms with Crippen LogP contribution < -0.4 is 4.90 Å². The molecule has 2 amide bonds. The van der Waals surface area contributed by atoms with E-state index in [1.807, 2.05) is 42.6 Å². The van der Waals surface area contributed by atoms with Crippen LogP contribution in [0.5, 0.6) is 0 Å². The highest BCUT2D eigenvalue weighted by molar-refractivity contribution is 6.13. The van der Waals surface area contributed by atoms with Gasteiger partial charge in [-0.1, -0.05) is 49.2 Å². The first kappa shape index (κ1) is 24.2. The van der Waals surface area contributed by atoms with Gasteiger partial charge >= 0.3 is 0 Å². The number of hydrogen-bond donors (Lipinski definition) is 0. The summed E-state index contributed by atoms with van der Waals surface area (Å²) in [6.45, 7) is 2.92. The standard InChI is InChI=1S/C32H33N5O2/c1-19(38)36(20(2)39)32-29(24-10-11-24)30(26-15-21-8-9-22(14-21)16-26)35-31-27(18-34-37(31)32)25-12-13-28(33-17-25)23-6-4-3-5-7-23/h3-7,12-13,17-18,21-22,24,26H,8-11,14-16H2,1-2H3/t21-,22+,26?. The molecule has 3 saturated carbocycles. The lowest BCUT2D eigenvalue weighted by molar-refractivity contribution is -0.124. The summed E-state index contributed by atoms with van der Waals surface area (Å²) in [6, 6.07) is 14.2. The first-order valence-electron chi connectivity index (χ1n) is 14.2. The minimum absolute atomic E-state index is 0.294. The summed E-state index contributed by atoms with van der Waals surface area (Å²) in [5.74, 6) is 2.16. The van der Waals surface area contributed by atoms with Crippen LogP contribution in [0, 0.1) is 11.8 Å². The number of carbonyl (C=O) groups excluding carboxylic acids is 2. The lowest BCUT2D eigenvalue weighted by Crippen LogP contribution is -2.36. The summed E-state index contributed by atoms with van der Waals surface area (Å²) < 4.78 is 1.73. The normalized spacial score (nSPS) is 22.3. The molecule has 3 fully saturated rings. The number of rotatable bonds is 5. The first-order chi connectivity index (χ1) is 19.0. The summed E-state index contributed by atoms with van der Waals surface area (Å²) in [6.07, 6.45) is 12.0. The molecule has 7 rings (SSSR count). The van der Waals surface area contributed by atoms with E-state index in [0.717, 1.165) is 71.2 Å². The lowest BCUT2D eigenvalue weighted by Gasteiger charge is -2.31. The van der Waals surface area contributed by atoms with E-state index in [1.54, 1.807) is 10.7 Å². The molecular weight excluding hydrogens is 486 g/mol.